The highest BCUT2D eigenvalue weighted by molar-refractivity contribution is 5.95. The van der Waals surface area contributed by atoms with Crippen LogP contribution in [-0.4, -0.2) is 30.9 Å². The normalized spacial score (nSPS) is 10.7. The van der Waals surface area contributed by atoms with Crippen molar-refractivity contribution < 1.29 is 23.5 Å². The highest BCUT2D eigenvalue weighted by atomic mass is 16.5. The zero-order valence-electron chi connectivity index (χ0n) is 17.9. The van der Waals surface area contributed by atoms with Crippen LogP contribution in [0.1, 0.15) is 29.2 Å². The van der Waals surface area contributed by atoms with Gasteiger partial charge in [0.1, 0.15) is 5.58 Å². The number of carbonyl (C=O) groups excluding carboxylic acids is 3. The summed E-state index contributed by atoms with van der Waals surface area (Å²) in [7, 11) is 0. The maximum absolute atomic E-state index is 12.1. The van der Waals surface area contributed by atoms with Crippen molar-refractivity contribution >= 4 is 34.4 Å². The van der Waals surface area contributed by atoms with Crippen LogP contribution >= 0.6 is 0 Å². The summed E-state index contributed by atoms with van der Waals surface area (Å²) in [5.41, 5.74) is 5.34. The van der Waals surface area contributed by atoms with E-state index in [1.54, 1.807) is 0 Å². The van der Waals surface area contributed by atoms with Crippen LogP contribution in [0.3, 0.4) is 0 Å². The van der Waals surface area contributed by atoms with Crippen LogP contribution in [0.2, 0.25) is 0 Å². The van der Waals surface area contributed by atoms with Crippen molar-refractivity contribution in [2.24, 2.45) is 0 Å². The summed E-state index contributed by atoms with van der Waals surface area (Å²) in [6, 6.07) is 11.4. The van der Waals surface area contributed by atoms with Gasteiger partial charge in [0.2, 0.25) is 5.91 Å². The Hall–Kier alpha value is -3.61. The maximum atomic E-state index is 12.1. The Morgan fingerprint density at radius 2 is 1.74 bits per heavy atom. The van der Waals surface area contributed by atoms with Crippen molar-refractivity contribution in [1.29, 1.82) is 0 Å². The molecule has 0 aliphatic rings. The summed E-state index contributed by atoms with van der Waals surface area (Å²) in [5, 5.41) is 6.07. The first-order valence-electron chi connectivity index (χ1n) is 10.1. The average molecular weight is 422 g/mol. The number of aryl methyl sites for hydroxylation is 3. The molecule has 0 saturated heterocycles. The Morgan fingerprint density at radius 1 is 1.00 bits per heavy atom. The number of fused-ring (bicyclic) bond motifs is 1. The molecular formula is C24H26N2O5. The van der Waals surface area contributed by atoms with Gasteiger partial charge in [-0.15, -0.1) is 0 Å². The van der Waals surface area contributed by atoms with E-state index in [-0.39, 0.29) is 18.9 Å². The van der Waals surface area contributed by atoms with E-state index in [1.807, 2.05) is 57.2 Å². The van der Waals surface area contributed by atoms with Crippen LogP contribution in [0.5, 0.6) is 0 Å². The molecule has 2 amide bonds. The van der Waals surface area contributed by atoms with Crippen LogP contribution in [-0.2, 0) is 32.0 Å². The summed E-state index contributed by atoms with van der Waals surface area (Å²) < 4.78 is 10.6. The monoisotopic (exact) mass is 422 g/mol. The lowest BCUT2D eigenvalue weighted by Crippen LogP contribution is -2.35. The molecular weight excluding hydrogens is 396 g/mol. The number of nitrogens with one attached hydrogen (secondary N) is 2. The first-order chi connectivity index (χ1) is 14.9. The molecule has 0 aliphatic carbocycles. The van der Waals surface area contributed by atoms with E-state index in [0.29, 0.717) is 16.8 Å². The third-order valence-corrected chi connectivity index (χ3v) is 5.09. The fourth-order valence-electron chi connectivity index (χ4n) is 3.20. The first kappa shape index (κ1) is 22.1. The molecule has 0 fully saturated rings. The highest BCUT2D eigenvalue weighted by Crippen LogP contribution is 2.25. The predicted molar refractivity (Wildman–Crippen MR) is 118 cm³/mol. The van der Waals surface area contributed by atoms with Crippen molar-refractivity contribution in [3.63, 3.8) is 0 Å². The number of esters is 1. The molecule has 3 rings (SSSR count). The van der Waals surface area contributed by atoms with Crippen LogP contribution in [0.4, 0.5) is 5.69 Å². The summed E-state index contributed by atoms with van der Waals surface area (Å²) in [4.78, 5) is 36.1. The topological polar surface area (TPSA) is 97.6 Å². The molecule has 0 unspecified atom stereocenters. The van der Waals surface area contributed by atoms with Crippen molar-refractivity contribution in [1.82, 2.24) is 5.32 Å². The molecule has 2 aromatic carbocycles. The van der Waals surface area contributed by atoms with Crippen molar-refractivity contribution in [3.05, 3.63) is 64.9 Å². The molecule has 162 valence electrons. The smallest absolute Gasteiger partial charge is 0.310 e. The van der Waals surface area contributed by atoms with Crippen LogP contribution < -0.4 is 10.6 Å². The Morgan fingerprint density at radius 3 is 2.52 bits per heavy atom. The second-order valence-corrected chi connectivity index (χ2v) is 7.37. The maximum Gasteiger partial charge on any atom is 0.310 e. The lowest BCUT2D eigenvalue weighted by molar-refractivity contribution is -0.147. The van der Waals surface area contributed by atoms with E-state index in [2.05, 4.69) is 10.6 Å². The van der Waals surface area contributed by atoms with E-state index in [1.165, 1.54) is 6.26 Å². The average Bonchev–Trinajstić information content (AvgIpc) is 3.12. The van der Waals surface area contributed by atoms with Gasteiger partial charge >= 0.3 is 5.97 Å². The minimum absolute atomic E-state index is 0.00291. The molecule has 0 bridgehead atoms. The SMILES string of the molecule is CCc1ccccc1NC(=O)CNC(=O)COC(=O)Cc1coc2cc(C)c(C)cc12. The fraction of sp³-hybridized carbons (Fsp3) is 0.292. The van der Waals surface area contributed by atoms with E-state index < -0.39 is 18.5 Å². The number of hydrogen-bond acceptors (Lipinski definition) is 5. The number of para-hydroxylation sites is 1. The van der Waals surface area contributed by atoms with Gasteiger partial charge in [-0.1, -0.05) is 25.1 Å². The highest BCUT2D eigenvalue weighted by Gasteiger charge is 2.14. The van der Waals surface area contributed by atoms with E-state index in [4.69, 9.17) is 9.15 Å². The first-order valence-corrected chi connectivity index (χ1v) is 10.1. The van der Waals surface area contributed by atoms with Gasteiger partial charge in [-0.3, -0.25) is 14.4 Å². The molecule has 2 N–H and O–H groups in total. The van der Waals surface area contributed by atoms with Crippen molar-refractivity contribution in [3.8, 4) is 0 Å². The zero-order chi connectivity index (χ0) is 22.4. The van der Waals surface area contributed by atoms with E-state index in [0.717, 1.165) is 28.5 Å². The minimum Gasteiger partial charge on any atom is -0.464 e. The predicted octanol–water partition coefficient (Wildman–Crippen LogP) is 3.45. The second kappa shape index (κ2) is 9.93. The Kier molecular flexibility index (Phi) is 7.07. The van der Waals surface area contributed by atoms with Gasteiger partial charge in [0.25, 0.3) is 5.91 Å². The van der Waals surface area contributed by atoms with Crippen LogP contribution in [0.25, 0.3) is 11.0 Å². The molecule has 0 spiro atoms. The molecule has 7 nitrogen and oxygen atoms in total. The van der Waals surface area contributed by atoms with E-state index in [9.17, 15) is 14.4 Å². The number of amides is 2. The molecule has 1 heterocycles. The quantitative estimate of drug-likeness (QED) is 0.542. The summed E-state index contributed by atoms with van der Waals surface area (Å²) in [6.07, 6.45) is 2.31. The number of anilines is 1. The van der Waals surface area contributed by atoms with Crippen molar-refractivity contribution in [2.75, 3.05) is 18.5 Å². The van der Waals surface area contributed by atoms with Gasteiger partial charge in [-0.05, 0) is 55.2 Å². The molecule has 1 aromatic heterocycles. The minimum atomic E-state index is -0.546. The van der Waals surface area contributed by atoms with Gasteiger partial charge in [-0.25, -0.2) is 0 Å². The largest absolute Gasteiger partial charge is 0.464 e. The number of hydrogen-bond donors (Lipinski definition) is 2. The van der Waals surface area contributed by atoms with E-state index >= 15 is 0 Å². The number of benzene rings is 2. The number of rotatable bonds is 8. The fourth-order valence-corrected chi connectivity index (χ4v) is 3.20. The summed E-state index contributed by atoms with van der Waals surface area (Å²) in [5.74, 6) is -1.44. The van der Waals surface area contributed by atoms with Gasteiger partial charge in [0, 0.05) is 16.6 Å². The lowest BCUT2D eigenvalue weighted by atomic mass is 10.0. The molecule has 3 aromatic rings. The Labute approximate surface area is 180 Å². The third kappa shape index (κ3) is 5.72. The van der Waals surface area contributed by atoms with Gasteiger partial charge in [0.15, 0.2) is 6.61 Å². The summed E-state index contributed by atoms with van der Waals surface area (Å²) in [6.45, 7) is 5.32. The molecule has 0 saturated carbocycles. The molecule has 7 heteroatoms. The third-order valence-electron chi connectivity index (χ3n) is 5.09. The molecule has 0 aliphatic heterocycles. The lowest BCUT2D eigenvalue weighted by Gasteiger charge is -2.10. The zero-order valence-corrected chi connectivity index (χ0v) is 17.9. The summed E-state index contributed by atoms with van der Waals surface area (Å²) >= 11 is 0. The van der Waals surface area contributed by atoms with Gasteiger partial charge < -0.3 is 19.8 Å². The number of carbonyl (C=O) groups is 3. The standard InChI is InChI=1S/C24H26N2O5/c1-4-17-7-5-6-8-20(17)26-22(27)12-25-23(28)14-31-24(29)11-18-13-30-21-10-16(3)15(2)9-19(18)21/h5-10,13H,4,11-12,14H2,1-3H3,(H,25,28)(H,26,27). The van der Waals surface area contributed by atoms with Gasteiger partial charge in [-0.2, -0.15) is 0 Å². The van der Waals surface area contributed by atoms with Crippen LogP contribution in [0, 0.1) is 13.8 Å². The number of ether oxygens (including phenoxy) is 1. The van der Waals surface area contributed by atoms with Gasteiger partial charge in [0.05, 0.1) is 19.2 Å². The second-order valence-electron chi connectivity index (χ2n) is 7.37. The molecule has 0 atom stereocenters. The van der Waals surface area contributed by atoms with Crippen molar-refractivity contribution in [2.45, 2.75) is 33.6 Å². The number of furan rings is 1. The Balaban J connectivity index is 1.45. The Bertz CT molecular complexity index is 1120. The molecule has 31 heavy (non-hydrogen) atoms. The van der Waals surface area contributed by atoms with Crippen LogP contribution in [0.15, 0.2) is 47.1 Å². The molecule has 0 radical (unpaired) electrons.